The minimum Gasteiger partial charge on any atom is -0.444 e. The van der Waals surface area contributed by atoms with Crippen LogP contribution in [0.4, 0.5) is 24.0 Å². The maximum Gasteiger partial charge on any atom is 0.408 e. The molecule has 3 aliphatic rings. The first-order chi connectivity index (χ1) is 33.3. The molecular formula is C47H85N7O19. The molecule has 26 nitrogen and oxygen atoms in total. The monoisotopic (exact) mass is 1050 g/mol. The van der Waals surface area contributed by atoms with Crippen LogP contribution in [-0.2, 0) is 47.4 Å². The van der Waals surface area contributed by atoms with Gasteiger partial charge in [0.05, 0.1) is 55.1 Å². The van der Waals surface area contributed by atoms with E-state index < -0.39 is 157 Å². The van der Waals surface area contributed by atoms with Crippen molar-refractivity contribution in [2.24, 2.45) is 5.73 Å². The lowest BCUT2D eigenvalue weighted by atomic mass is 9.81. The van der Waals surface area contributed by atoms with Gasteiger partial charge in [-0.15, -0.1) is 0 Å². The number of alkyl carbamates (subject to hydrolysis) is 5. The van der Waals surface area contributed by atoms with Crippen molar-refractivity contribution in [3.63, 3.8) is 0 Å². The molecule has 0 bridgehead atoms. The second kappa shape index (κ2) is 25.8. The van der Waals surface area contributed by atoms with Crippen LogP contribution in [0.25, 0.3) is 0 Å². The Kier molecular flexibility index (Phi) is 22.2. The van der Waals surface area contributed by atoms with Gasteiger partial charge in [-0.25, -0.2) is 24.0 Å². The largest absolute Gasteiger partial charge is 0.444 e. The molecule has 0 aromatic rings. The third kappa shape index (κ3) is 22.1. The zero-order valence-electron chi connectivity index (χ0n) is 45.0. The molecule has 1 saturated carbocycles. The lowest BCUT2D eigenvalue weighted by Crippen LogP contribution is -2.72. The summed E-state index contributed by atoms with van der Waals surface area (Å²) in [7, 11) is 0. The molecule has 3 rings (SSSR count). The predicted molar refractivity (Wildman–Crippen MR) is 258 cm³/mol. The molecule has 422 valence electrons. The smallest absolute Gasteiger partial charge is 0.408 e. The van der Waals surface area contributed by atoms with Gasteiger partial charge in [0, 0.05) is 13.1 Å². The van der Waals surface area contributed by atoms with Gasteiger partial charge in [0.25, 0.3) is 0 Å². The van der Waals surface area contributed by atoms with E-state index in [1.165, 1.54) is 0 Å². The van der Waals surface area contributed by atoms with E-state index in [0.29, 0.717) is 0 Å². The molecule has 0 radical (unpaired) electrons. The van der Waals surface area contributed by atoms with Crippen molar-refractivity contribution in [2.45, 2.75) is 243 Å². The van der Waals surface area contributed by atoms with Gasteiger partial charge in [-0.2, -0.15) is 0 Å². The molecule has 3 fully saturated rings. The maximum atomic E-state index is 13.9. The van der Waals surface area contributed by atoms with Gasteiger partial charge >= 0.3 is 30.5 Å². The van der Waals surface area contributed by atoms with Crippen molar-refractivity contribution in [1.29, 1.82) is 0 Å². The van der Waals surface area contributed by atoms with E-state index in [4.69, 9.17) is 48.4 Å². The number of ether oxygens (including phenoxy) is 9. The molecule has 12 N–H and O–H groups in total. The summed E-state index contributed by atoms with van der Waals surface area (Å²) in [5.74, 6) is -0.983. The molecule has 2 heterocycles. The quantitative estimate of drug-likeness (QED) is 0.103. The van der Waals surface area contributed by atoms with Crippen LogP contribution in [0.3, 0.4) is 0 Å². The fraction of sp³-hybridized carbons (Fsp3) is 0.872. The van der Waals surface area contributed by atoms with Crippen LogP contribution in [-0.4, -0.2) is 190 Å². The lowest BCUT2D eigenvalue weighted by Gasteiger charge is -2.50. The number of aliphatic hydroxyl groups excluding tert-OH is 4. The summed E-state index contributed by atoms with van der Waals surface area (Å²) in [6.07, 6.45) is -18.2. The van der Waals surface area contributed by atoms with E-state index in [1.54, 1.807) is 104 Å². The zero-order valence-corrected chi connectivity index (χ0v) is 45.0. The normalized spacial score (nSPS) is 29.6. The minimum absolute atomic E-state index is 0.0625. The number of amides is 6. The molecule has 6 amide bonds. The Morgan fingerprint density at radius 1 is 0.575 bits per heavy atom. The number of rotatable bonds is 15. The van der Waals surface area contributed by atoms with Crippen LogP contribution in [0.1, 0.15) is 130 Å². The van der Waals surface area contributed by atoms with Crippen molar-refractivity contribution < 1.29 is 91.8 Å². The third-order valence-electron chi connectivity index (χ3n) is 10.7. The standard InChI is InChI=1S/C47H85N7O19/c1-43(2,3)69-38(60)49-19-18-27(56)35(59)51-25-20-26(53-41(63)72-46(10,11)12)34(29(48)33(25)68-37-32(58)30(31(57)28(22-55)66-37)54-42(64)73-47(13,14)15)67-36-24(52-40(62)71-45(7,8)9)17-16-23(65-36)21-50-39(61)70-44(4,5)6/h23-34,36-37,55-58H,16-22,48H2,1-15H3,(H,49,60)(H,50,61)(H,51,59)(H,52,62)(H,53,63)(H,54,64)/t23?,24?,25-,26+,27+,28?,29?,30+,31+,32?,33-,34?,36+,37+/m1/s1. The molecular weight excluding hydrogens is 967 g/mol. The van der Waals surface area contributed by atoms with Crippen molar-refractivity contribution in [3.05, 3.63) is 0 Å². The summed E-state index contributed by atoms with van der Waals surface area (Å²) in [4.78, 5) is 78.7. The molecule has 6 unspecified atom stereocenters. The Balaban J connectivity index is 2.12. The van der Waals surface area contributed by atoms with Crippen LogP contribution < -0.4 is 37.6 Å². The minimum atomic E-state index is -1.90. The van der Waals surface area contributed by atoms with E-state index >= 15 is 0 Å². The van der Waals surface area contributed by atoms with E-state index in [2.05, 4.69) is 31.9 Å². The number of hydrogen-bond acceptors (Lipinski definition) is 20. The van der Waals surface area contributed by atoms with Crippen LogP contribution in [0, 0.1) is 0 Å². The highest BCUT2D eigenvalue weighted by molar-refractivity contribution is 5.81. The van der Waals surface area contributed by atoms with Gasteiger partial charge in [-0.3, -0.25) is 4.79 Å². The molecule has 0 aromatic heterocycles. The van der Waals surface area contributed by atoms with Gasteiger partial charge < -0.3 is 101 Å². The Bertz CT molecular complexity index is 1840. The predicted octanol–water partition coefficient (Wildman–Crippen LogP) is 1.40. The number of nitrogens with two attached hydrogens (primary N) is 1. The summed E-state index contributed by atoms with van der Waals surface area (Å²) in [6, 6.07) is -6.54. The highest BCUT2D eigenvalue weighted by Gasteiger charge is 2.53. The fourth-order valence-corrected chi connectivity index (χ4v) is 7.78. The maximum absolute atomic E-state index is 13.9. The molecule has 2 aliphatic heterocycles. The van der Waals surface area contributed by atoms with Crippen molar-refractivity contribution >= 4 is 36.4 Å². The van der Waals surface area contributed by atoms with Crippen LogP contribution in [0.5, 0.6) is 0 Å². The molecule has 0 aromatic carbocycles. The highest BCUT2D eigenvalue weighted by Crippen LogP contribution is 2.33. The molecule has 73 heavy (non-hydrogen) atoms. The number of carbonyl (C=O) groups excluding carboxylic acids is 6. The highest BCUT2D eigenvalue weighted by atomic mass is 16.7. The van der Waals surface area contributed by atoms with E-state index in [-0.39, 0.29) is 38.8 Å². The Morgan fingerprint density at radius 2 is 1.01 bits per heavy atom. The number of nitrogens with one attached hydrogen (secondary N) is 6. The molecule has 0 spiro atoms. The number of hydrogen-bond donors (Lipinski definition) is 11. The third-order valence-corrected chi connectivity index (χ3v) is 10.7. The average molecular weight is 1050 g/mol. The van der Waals surface area contributed by atoms with Crippen LogP contribution in [0.2, 0.25) is 0 Å². The average Bonchev–Trinajstić information content (AvgIpc) is 3.19. The van der Waals surface area contributed by atoms with E-state index in [0.717, 1.165) is 0 Å². The summed E-state index contributed by atoms with van der Waals surface area (Å²) < 4.78 is 52.5. The van der Waals surface area contributed by atoms with Gasteiger partial charge in [-0.05, 0) is 130 Å². The number of aliphatic hydroxyl groups is 4. The first-order valence-electron chi connectivity index (χ1n) is 24.6. The second-order valence-corrected chi connectivity index (χ2v) is 23.3. The van der Waals surface area contributed by atoms with Crippen LogP contribution >= 0.6 is 0 Å². The first kappa shape index (κ1) is 62.8. The van der Waals surface area contributed by atoms with Crippen molar-refractivity contribution in [2.75, 3.05) is 19.7 Å². The Labute approximate surface area is 427 Å². The SMILES string of the molecule is CC(C)(C)OC(=O)NCC[C@H](O)C(=O)N[C@@H]1C[C@H](NC(=O)OC(C)(C)C)C(O[C@@H]2OC(CNC(=O)OC(C)(C)C)CCC2NC(=O)OC(C)(C)C)C(N)[C@@H]1O[C@@H]1OC(CO)[C@H](O)[C@H](NC(=O)OC(C)(C)C)C1O. The lowest BCUT2D eigenvalue weighted by molar-refractivity contribution is -0.304. The molecule has 14 atom stereocenters. The zero-order chi connectivity index (χ0) is 55.6. The van der Waals surface area contributed by atoms with Gasteiger partial charge in [0.1, 0.15) is 52.4 Å². The van der Waals surface area contributed by atoms with E-state index in [9.17, 15) is 49.2 Å². The van der Waals surface area contributed by atoms with Gasteiger partial charge in [0.15, 0.2) is 12.6 Å². The molecule has 26 heteroatoms. The van der Waals surface area contributed by atoms with Gasteiger partial charge in [0.2, 0.25) is 5.91 Å². The Hall–Kier alpha value is -4.54. The first-order valence-corrected chi connectivity index (χ1v) is 24.6. The van der Waals surface area contributed by atoms with Gasteiger partial charge in [-0.1, -0.05) is 0 Å². The summed E-state index contributed by atoms with van der Waals surface area (Å²) >= 11 is 0. The van der Waals surface area contributed by atoms with Crippen molar-refractivity contribution in [3.8, 4) is 0 Å². The summed E-state index contributed by atoms with van der Waals surface area (Å²) in [6.45, 7) is 23.7. The fourth-order valence-electron chi connectivity index (χ4n) is 7.78. The summed E-state index contributed by atoms with van der Waals surface area (Å²) in [5.41, 5.74) is 2.58. The van der Waals surface area contributed by atoms with E-state index in [1.807, 2.05) is 0 Å². The topological polar surface area (TPSA) is 365 Å². The van der Waals surface area contributed by atoms with Crippen LogP contribution in [0.15, 0.2) is 0 Å². The molecule has 2 saturated heterocycles. The van der Waals surface area contributed by atoms with Crippen molar-refractivity contribution in [1.82, 2.24) is 31.9 Å². The number of carbonyl (C=O) groups is 6. The summed E-state index contributed by atoms with van der Waals surface area (Å²) in [5, 5.41) is 60.1. The Morgan fingerprint density at radius 3 is 1.51 bits per heavy atom. The second-order valence-electron chi connectivity index (χ2n) is 23.3. The molecule has 1 aliphatic carbocycles.